The molecule has 1 amide bonds. The summed E-state index contributed by atoms with van der Waals surface area (Å²) in [6.45, 7) is 0. The fraction of sp³-hybridized carbons (Fsp3) is 0. The zero-order valence-corrected chi connectivity index (χ0v) is 13.6. The van der Waals surface area contributed by atoms with E-state index in [0.717, 1.165) is 9.86 Å². The molecule has 0 unspecified atom stereocenters. The molecule has 0 fully saturated rings. The van der Waals surface area contributed by atoms with Crippen molar-refractivity contribution in [1.82, 2.24) is 5.43 Å². The molecule has 1 aromatic carbocycles. The van der Waals surface area contributed by atoms with Crippen molar-refractivity contribution in [2.24, 2.45) is 5.10 Å². The molecule has 0 bridgehead atoms. The maximum atomic E-state index is 11.9. The molecule has 106 valence electrons. The second-order valence-electron chi connectivity index (χ2n) is 4.12. The van der Waals surface area contributed by atoms with E-state index in [1.807, 2.05) is 18.2 Å². The van der Waals surface area contributed by atoms with Crippen LogP contribution in [0.25, 0.3) is 11.0 Å². The Morgan fingerprint density at radius 3 is 2.71 bits per heavy atom. The standard InChI is InChI=1S/C14H8Br2N2O3/c15-10-6-9(20-13(10)16)7-17-18-14(19)12-5-8-3-1-2-4-11(8)21-12/h1-7H,(H,18,19)/b17-7-. The topological polar surface area (TPSA) is 67.7 Å². The van der Waals surface area contributed by atoms with Crippen LogP contribution in [0.15, 0.2) is 59.5 Å². The van der Waals surface area contributed by atoms with E-state index in [-0.39, 0.29) is 5.76 Å². The van der Waals surface area contributed by atoms with Crippen molar-refractivity contribution < 1.29 is 13.6 Å². The molecule has 2 aromatic heterocycles. The van der Waals surface area contributed by atoms with Crippen LogP contribution in [0.1, 0.15) is 16.3 Å². The lowest BCUT2D eigenvalue weighted by atomic mass is 10.2. The van der Waals surface area contributed by atoms with Crippen LogP contribution in [0, 0.1) is 0 Å². The van der Waals surface area contributed by atoms with E-state index in [4.69, 9.17) is 8.83 Å². The molecule has 5 nitrogen and oxygen atoms in total. The predicted molar refractivity (Wildman–Crippen MR) is 85.4 cm³/mol. The van der Waals surface area contributed by atoms with E-state index in [1.54, 1.807) is 18.2 Å². The number of hydrazone groups is 1. The summed E-state index contributed by atoms with van der Waals surface area (Å²) in [4.78, 5) is 11.9. The summed E-state index contributed by atoms with van der Waals surface area (Å²) in [6.07, 6.45) is 1.40. The lowest BCUT2D eigenvalue weighted by molar-refractivity contribution is 0.0929. The monoisotopic (exact) mass is 410 g/mol. The maximum Gasteiger partial charge on any atom is 0.307 e. The van der Waals surface area contributed by atoms with Gasteiger partial charge in [0.1, 0.15) is 11.3 Å². The summed E-state index contributed by atoms with van der Waals surface area (Å²) < 4.78 is 12.1. The largest absolute Gasteiger partial charge is 0.451 e. The van der Waals surface area contributed by atoms with Gasteiger partial charge in [-0.25, -0.2) is 5.43 Å². The molecule has 2 heterocycles. The molecule has 0 saturated heterocycles. The molecular formula is C14H8Br2N2O3. The van der Waals surface area contributed by atoms with Crippen molar-refractivity contribution in [2.75, 3.05) is 0 Å². The van der Waals surface area contributed by atoms with Gasteiger partial charge in [0.25, 0.3) is 0 Å². The summed E-state index contributed by atoms with van der Waals surface area (Å²) in [7, 11) is 0. The fourth-order valence-corrected chi connectivity index (χ4v) is 2.34. The highest BCUT2D eigenvalue weighted by Gasteiger charge is 2.11. The van der Waals surface area contributed by atoms with Gasteiger partial charge in [-0.2, -0.15) is 5.10 Å². The number of fused-ring (bicyclic) bond motifs is 1. The third-order valence-electron chi connectivity index (χ3n) is 2.67. The number of para-hydroxylation sites is 1. The number of rotatable bonds is 3. The Bertz CT molecular complexity index is 783. The number of nitrogens with zero attached hydrogens (tertiary/aromatic N) is 1. The first-order valence-corrected chi connectivity index (χ1v) is 7.49. The van der Waals surface area contributed by atoms with Gasteiger partial charge in [-0.3, -0.25) is 4.79 Å². The van der Waals surface area contributed by atoms with E-state index >= 15 is 0 Å². The van der Waals surface area contributed by atoms with Crippen molar-refractivity contribution >= 4 is 55.0 Å². The van der Waals surface area contributed by atoms with Crippen LogP contribution in [0.3, 0.4) is 0 Å². The smallest absolute Gasteiger partial charge is 0.307 e. The summed E-state index contributed by atoms with van der Waals surface area (Å²) in [5.41, 5.74) is 3.04. The van der Waals surface area contributed by atoms with E-state index < -0.39 is 5.91 Å². The zero-order valence-electron chi connectivity index (χ0n) is 10.5. The molecule has 0 aliphatic rings. The van der Waals surface area contributed by atoms with Gasteiger partial charge in [0.05, 0.1) is 10.7 Å². The van der Waals surface area contributed by atoms with E-state index in [0.29, 0.717) is 16.0 Å². The molecule has 0 aliphatic carbocycles. The fourth-order valence-electron chi connectivity index (χ4n) is 1.73. The van der Waals surface area contributed by atoms with Gasteiger partial charge in [-0.1, -0.05) is 18.2 Å². The molecule has 0 atom stereocenters. The van der Waals surface area contributed by atoms with Crippen LogP contribution in [0.5, 0.6) is 0 Å². The average molecular weight is 412 g/mol. The summed E-state index contributed by atoms with van der Waals surface area (Å²) in [5.74, 6) is 0.279. The Hall–Kier alpha value is -1.86. The number of hydrogen-bond acceptors (Lipinski definition) is 4. The number of carbonyl (C=O) groups is 1. The predicted octanol–water partition coefficient (Wildman–Crippen LogP) is 4.31. The Balaban J connectivity index is 1.71. The Labute approximate surface area is 136 Å². The Morgan fingerprint density at radius 2 is 2.00 bits per heavy atom. The molecule has 1 N–H and O–H groups in total. The van der Waals surface area contributed by atoms with Crippen molar-refractivity contribution in [1.29, 1.82) is 0 Å². The molecule has 0 radical (unpaired) electrons. The van der Waals surface area contributed by atoms with Gasteiger partial charge in [0.2, 0.25) is 0 Å². The van der Waals surface area contributed by atoms with Gasteiger partial charge in [-0.05, 0) is 44.0 Å². The Morgan fingerprint density at radius 1 is 1.19 bits per heavy atom. The maximum absolute atomic E-state index is 11.9. The van der Waals surface area contributed by atoms with Crippen LogP contribution in [0.4, 0.5) is 0 Å². The minimum atomic E-state index is -0.424. The quantitative estimate of drug-likeness (QED) is 0.515. The van der Waals surface area contributed by atoms with Gasteiger partial charge >= 0.3 is 5.91 Å². The first-order valence-electron chi connectivity index (χ1n) is 5.90. The number of furan rings is 2. The molecule has 0 spiro atoms. The van der Waals surface area contributed by atoms with Crippen molar-refractivity contribution in [3.05, 3.63) is 57.1 Å². The lowest BCUT2D eigenvalue weighted by Gasteiger charge is -1.93. The normalized spacial score (nSPS) is 11.3. The molecule has 3 rings (SSSR count). The van der Waals surface area contributed by atoms with Gasteiger partial charge in [0.15, 0.2) is 10.4 Å². The number of amides is 1. The first-order chi connectivity index (χ1) is 10.1. The first kappa shape index (κ1) is 14.1. The average Bonchev–Trinajstić information content (AvgIpc) is 3.03. The molecule has 3 aromatic rings. The van der Waals surface area contributed by atoms with Crippen LogP contribution in [-0.2, 0) is 0 Å². The third-order valence-corrected chi connectivity index (χ3v) is 4.38. The van der Waals surface area contributed by atoms with Crippen LogP contribution < -0.4 is 5.43 Å². The minimum Gasteiger partial charge on any atom is -0.451 e. The highest BCUT2D eigenvalue weighted by Crippen LogP contribution is 2.25. The number of carbonyl (C=O) groups excluding carboxylic acids is 1. The molecular weight excluding hydrogens is 404 g/mol. The van der Waals surface area contributed by atoms with Crippen LogP contribution >= 0.6 is 31.9 Å². The molecule has 21 heavy (non-hydrogen) atoms. The molecule has 0 aliphatic heterocycles. The second-order valence-corrected chi connectivity index (χ2v) is 5.69. The number of benzene rings is 1. The van der Waals surface area contributed by atoms with Crippen LogP contribution in [0.2, 0.25) is 0 Å². The minimum absolute atomic E-state index is 0.204. The highest BCUT2D eigenvalue weighted by atomic mass is 79.9. The van der Waals surface area contributed by atoms with E-state index in [9.17, 15) is 4.79 Å². The zero-order chi connectivity index (χ0) is 14.8. The van der Waals surface area contributed by atoms with Crippen molar-refractivity contribution in [3.8, 4) is 0 Å². The third kappa shape index (κ3) is 3.08. The molecule has 0 saturated carbocycles. The SMILES string of the molecule is O=C(N/N=C\c1cc(Br)c(Br)o1)c1cc2ccccc2o1. The van der Waals surface area contributed by atoms with Crippen LogP contribution in [-0.4, -0.2) is 12.1 Å². The van der Waals surface area contributed by atoms with E-state index in [2.05, 4.69) is 42.4 Å². The number of nitrogens with one attached hydrogen (secondary N) is 1. The lowest BCUT2D eigenvalue weighted by Crippen LogP contribution is -2.16. The Kier molecular flexibility index (Phi) is 3.94. The second kappa shape index (κ2) is 5.87. The van der Waals surface area contributed by atoms with Gasteiger partial charge in [-0.15, -0.1) is 0 Å². The number of halogens is 2. The summed E-state index contributed by atoms with van der Waals surface area (Å²) >= 11 is 6.50. The van der Waals surface area contributed by atoms with E-state index in [1.165, 1.54) is 6.21 Å². The number of hydrogen-bond donors (Lipinski definition) is 1. The van der Waals surface area contributed by atoms with Gasteiger partial charge in [0, 0.05) is 11.5 Å². The summed E-state index contributed by atoms with van der Waals surface area (Å²) in [6, 6.07) is 10.8. The highest BCUT2D eigenvalue weighted by molar-refractivity contribution is 9.13. The summed E-state index contributed by atoms with van der Waals surface area (Å²) in [5, 5.41) is 4.69. The van der Waals surface area contributed by atoms with Gasteiger partial charge < -0.3 is 8.83 Å². The van der Waals surface area contributed by atoms with Crippen molar-refractivity contribution in [2.45, 2.75) is 0 Å². The van der Waals surface area contributed by atoms with Crippen molar-refractivity contribution in [3.63, 3.8) is 0 Å². The molecule has 7 heteroatoms.